The van der Waals surface area contributed by atoms with Crippen LogP contribution in [0.1, 0.15) is 34.1 Å². The van der Waals surface area contributed by atoms with E-state index in [-0.39, 0.29) is 0 Å². The lowest BCUT2D eigenvalue weighted by atomic mass is 9.91. The van der Waals surface area contributed by atoms with Crippen LogP contribution in [0.4, 0.5) is 0 Å². The predicted octanol–water partition coefficient (Wildman–Crippen LogP) is 3.66. The third kappa shape index (κ3) is 2.70. The number of nitriles is 1. The number of rotatable bonds is 3. The fourth-order valence-electron chi connectivity index (χ4n) is 2.90. The third-order valence-electron chi connectivity index (χ3n) is 4.51. The summed E-state index contributed by atoms with van der Waals surface area (Å²) >= 11 is 0. The van der Waals surface area contributed by atoms with Crippen LogP contribution in [0.5, 0.6) is 0 Å². The van der Waals surface area contributed by atoms with E-state index in [1.807, 2.05) is 25.2 Å². The van der Waals surface area contributed by atoms with Crippen LogP contribution in [0.2, 0.25) is 0 Å². The summed E-state index contributed by atoms with van der Waals surface area (Å²) in [6.07, 6.45) is 2.53. The lowest BCUT2D eigenvalue weighted by Crippen LogP contribution is -2.05. The molecule has 3 rings (SSSR count). The third-order valence-corrected chi connectivity index (χ3v) is 4.51. The Hall–Kier alpha value is -2.90. The first-order valence-electron chi connectivity index (χ1n) is 7.78. The molecule has 0 bridgehead atoms. The lowest BCUT2D eigenvalue weighted by Gasteiger charge is -2.16. The molecule has 1 atom stereocenters. The molecular formula is C20H19N3O. The summed E-state index contributed by atoms with van der Waals surface area (Å²) in [7, 11) is 1.85. The lowest BCUT2D eigenvalue weighted by molar-refractivity contribution is 0.211. The van der Waals surface area contributed by atoms with Gasteiger partial charge >= 0.3 is 0 Å². The van der Waals surface area contributed by atoms with E-state index in [4.69, 9.17) is 0 Å². The number of benzene rings is 2. The zero-order valence-electron chi connectivity index (χ0n) is 14.0. The minimum Gasteiger partial charge on any atom is -0.382 e. The number of imidazole rings is 1. The molecule has 4 nitrogen and oxygen atoms in total. The summed E-state index contributed by atoms with van der Waals surface area (Å²) in [6, 6.07) is 13.8. The maximum absolute atomic E-state index is 10.7. The summed E-state index contributed by atoms with van der Waals surface area (Å²) in [5.74, 6) is 0. The predicted molar refractivity (Wildman–Crippen MR) is 93.3 cm³/mol. The summed E-state index contributed by atoms with van der Waals surface area (Å²) in [4.78, 5) is 4.06. The topological polar surface area (TPSA) is 61.8 Å². The Morgan fingerprint density at radius 1 is 1.17 bits per heavy atom. The van der Waals surface area contributed by atoms with E-state index < -0.39 is 6.10 Å². The molecule has 0 amide bonds. The van der Waals surface area contributed by atoms with Crippen molar-refractivity contribution in [3.05, 3.63) is 76.9 Å². The Morgan fingerprint density at radius 3 is 2.62 bits per heavy atom. The molecule has 1 heterocycles. The van der Waals surface area contributed by atoms with Crippen molar-refractivity contribution < 1.29 is 5.11 Å². The van der Waals surface area contributed by atoms with Gasteiger partial charge in [0.05, 0.1) is 29.9 Å². The highest BCUT2D eigenvalue weighted by Crippen LogP contribution is 2.32. The van der Waals surface area contributed by atoms with Gasteiger partial charge in [-0.25, -0.2) is 4.98 Å². The monoisotopic (exact) mass is 317 g/mol. The largest absolute Gasteiger partial charge is 0.382 e. The average molecular weight is 317 g/mol. The number of hydrogen-bond donors (Lipinski definition) is 1. The van der Waals surface area contributed by atoms with Crippen molar-refractivity contribution in [1.82, 2.24) is 9.55 Å². The zero-order chi connectivity index (χ0) is 17.3. The van der Waals surface area contributed by atoms with Gasteiger partial charge in [0.15, 0.2) is 0 Å². The van der Waals surface area contributed by atoms with Gasteiger partial charge in [-0.2, -0.15) is 5.26 Å². The normalized spacial score (nSPS) is 12.0. The molecule has 1 aromatic heterocycles. The summed E-state index contributed by atoms with van der Waals surface area (Å²) in [5.41, 5.74) is 6.24. The van der Waals surface area contributed by atoms with Crippen LogP contribution in [0.25, 0.3) is 11.1 Å². The van der Waals surface area contributed by atoms with Crippen molar-refractivity contribution >= 4 is 0 Å². The Kier molecular flexibility index (Phi) is 4.20. The Labute approximate surface area is 141 Å². The number of aliphatic hydroxyl groups is 1. The van der Waals surface area contributed by atoms with E-state index in [0.29, 0.717) is 11.3 Å². The van der Waals surface area contributed by atoms with Crippen molar-refractivity contribution in [2.45, 2.75) is 20.0 Å². The van der Waals surface area contributed by atoms with E-state index >= 15 is 0 Å². The van der Waals surface area contributed by atoms with E-state index in [1.54, 1.807) is 29.2 Å². The molecule has 0 fully saturated rings. The fraction of sp³-hybridized carbons (Fsp3) is 0.200. The first-order chi connectivity index (χ1) is 11.5. The highest BCUT2D eigenvalue weighted by atomic mass is 16.3. The van der Waals surface area contributed by atoms with Gasteiger partial charge in [-0.15, -0.1) is 0 Å². The minimum absolute atomic E-state index is 0.602. The Balaban J connectivity index is 2.15. The molecule has 120 valence electrons. The highest BCUT2D eigenvalue weighted by molar-refractivity contribution is 5.75. The summed E-state index contributed by atoms with van der Waals surface area (Å²) < 4.78 is 1.79. The molecule has 1 N–H and O–H groups in total. The number of aryl methyl sites for hydroxylation is 2. The van der Waals surface area contributed by atoms with Crippen LogP contribution < -0.4 is 0 Å². The number of hydrogen-bond acceptors (Lipinski definition) is 3. The molecule has 0 aliphatic rings. The van der Waals surface area contributed by atoms with Crippen molar-refractivity contribution in [2.75, 3.05) is 0 Å². The van der Waals surface area contributed by atoms with Gasteiger partial charge in [0.25, 0.3) is 0 Å². The van der Waals surface area contributed by atoms with Crippen molar-refractivity contribution in [3.8, 4) is 17.2 Å². The van der Waals surface area contributed by atoms with E-state index in [2.05, 4.69) is 31.0 Å². The molecule has 0 spiro atoms. The molecule has 24 heavy (non-hydrogen) atoms. The molecular weight excluding hydrogens is 298 g/mol. The van der Waals surface area contributed by atoms with Crippen molar-refractivity contribution in [2.24, 2.45) is 7.05 Å². The van der Waals surface area contributed by atoms with Crippen LogP contribution in [-0.2, 0) is 7.05 Å². The van der Waals surface area contributed by atoms with E-state index in [9.17, 15) is 10.4 Å². The molecule has 0 aliphatic carbocycles. The van der Waals surface area contributed by atoms with Gasteiger partial charge in [-0.05, 0) is 48.2 Å². The SMILES string of the molecule is Cc1cccc(-c2cc(C(O)c3cncn3C)ccc2C#N)c1C. The van der Waals surface area contributed by atoms with Crippen LogP contribution >= 0.6 is 0 Å². The van der Waals surface area contributed by atoms with E-state index in [1.165, 1.54) is 5.56 Å². The second-order valence-electron chi connectivity index (χ2n) is 6.00. The molecule has 1 unspecified atom stereocenters. The zero-order valence-corrected chi connectivity index (χ0v) is 14.0. The second kappa shape index (κ2) is 6.31. The van der Waals surface area contributed by atoms with Crippen LogP contribution in [0.15, 0.2) is 48.9 Å². The summed E-state index contributed by atoms with van der Waals surface area (Å²) in [5, 5.41) is 20.1. The van der Waals surface area contributed by atoms with E-state index in [0.717, 1.165) is 22.3 Å². The quantitative estimate of drug-likeness (QED) is 0.802. The highest BCUT2D eigenvalue weighted by Gasteiger charge is 2.17. The molecule has 0 saturated heterocycles. The van der Waals surface area contributed by atoms with Gasteiger partial charge in [-0.3, -0.25) is 0 Å². The molecule has 3 aromatic rings. The average Bonchev–Trinajstić information content (AvgIpc) is 3.02. The van der Waals surface area contributed by atoms with Crippen LogP contribution in [0, 0.1) is 25.2 Å². The molecule has 0 saturated carbocycles. The maximum Gasteiger partial charge on any atom is 0.121 e. The van der Waals surface area contributed by atoms with Gasteiger partial charge < -0.3 is 9.67 Å². The second-order valence-corrected chi connectivity index (χ2v) is 6.00. The van der Waals surface area contributed by atoms with Gasteiger partial charge in [0, 0.05) is 12.6 Å². The minimum atomic E-state index is -0.783. The summed E-state index contributed by atoms with van der Waals surface area (Å²) in [6.45, 7) is 4.11. The van der Waals surface area contributed by atoms with Gasteiger partial charge in [-0.1, -0.05) is 24.3 Å². The number of aliphatic hydroxyl groups excluding tert-OH is 1. The van der Waals surface area contributed by atoms with Crippen molar-refractivity contribution in [1.29, 1.82) is 5.26 Å². The van der Waals surface area contributed by atoms with Gasteiger partial charge in [0.2, 0.25) is 0 Å². The smallest absolute Gasteiger partial charge is 0.121 e. The first-order valence-corrected chi connectivity index (χ1v) is 7.78. The Bertz CT molecular complexity index is 934. The van der Waals surface area contributed by atoms with Gasteiger partial charge in [0.1, 0.15) is 6.10 Å². The van der Waals surface area contributed by atoms with Crippen molar-refractivity contribution in [3.63, 3.8) is 0 Å². The standard InChI is InChI=1S/C20H19N3O/c1-13-5-4-6-17(14(13)2)18-9-15(7-8-16(18)10-21)20(24)19-11-22-12-23(19)3/h4-9,11-12,20,24H,1-3H3. The maximum atomic E-state index is 10.7. The van der Waals surface area contributed by atoms with Crippen LogP contribution in [0.3, 0.4) is 0 Å². The molecule has 0 radical (unpaired) electrons. The molecule has 4 heteroatoms. The molecule has 0 aliphatic heterocycles. The van der Waals surface area contributed by atoms with Crippen LogP contribution in [-0.4, -0.2) is 14.7 Å². The first kappa shape index (κ1) is 16.0. The number of aromatic nitrogens is 2. The Morgan fingerprint density at radius 2 is 1.96 bits per heavy atom. The fourth-order valence-corrected chi connectivity index (χ4v) is 2.90. The molecule has 2 aromatic carbocycles. The number of nitrogens with zero attached hydrogens (tertiary/aromatic N) is 3.